The Morgan fingerprint density at radius 2 is 0.567 bits per heavy atom. The summed E-state index contributed by atoms with van der Waals surface area (Å²) in [4.78, 5) is 0. The van der Waals surface area contributed by atoms with Crippen LogP contribution in [0.4, 0.5) is 0 Å². The maximum Gasteiger partial charge on any atom is 0.0379 e. The zero-order valence-electron chi connectivity index (χ0n) is 25.0. The molecule has 0 saturated carbocycles. The summed E-state index contributed by atoms with van der Waals surface area (Å²) < 4.78 is 0. The number of hydrogen-bond acceptors (Lipinski definition) is 0. The van der Waals surface area contributed by atoms with E-state index in [1.807, 2.05) is 0 Å². The van der Waals surface area contributed by atoms with Crippen LogP contribution in [-0.2, 0) is 0 Å². The molecule has 10 heteroatoms. The van der Waals surface area contributed by atoms with Crippen molar-refractivity contribution in [2.75, 3.05) is 0 Å². The Morgan fingerprint density at radius 3 is 0.600 bits per heavy atom. The first-order valence-electron chi connectivity index (χ1n) is 11.5. The van der Waals surface area contributed by atoms with Crippen molar-refractivity contribution in [3.05, 3.63) is 0 Å². The van der Waals surface area contributed by atoms with Crippen LogP contribution in [0.1, 0.15) is 0 Å². The second kappa shape index (κ2) is 14.8. The minimum absolute atomic E-state index is 0. The van der Waals surface area contributed by atoms with Crippen molar-refractivity contribution in [1.29, 1.82) is 0 Å². The number of rotatable bonds is 6. The largest absolute Gasteiger partial charge is 0.0754 e. The van der Waals surface area contributed by atoms with Crippen LogP contribution in [-0.4, -0.2) is 87.4 Å². The molecule has 30 heavy (non-hydrogen) atoms. The van der Waals surface area contributed by atoms with Crippen molar-refractivity contribution in [2.24, 2.45) is 0 Å². The minimum atomic E-state index is -1.10. The van der Waals surface area contributed by atoms with Crippen molar-refractivity contribution < 1.29 is 0 Å². The van der Waals surface area contributed by atoms with Gasteiger partial charge in [0.15, 0.2) is 0 Å². The van der Waals surface area contributed by atoms with E-state index in [2.05, 4.69) is 131 Å². The van der Waals surface area contributed by atoms with Crippen molar-refractivity contribution >= 4 is 87.4 Å². The first-order valence-corrected chi connectivity index (χ1v) is 43.5. The van der Waals surface area contributed by atoms with Gasteiger partial charge >= 0.3 is 0 Å². The molecule has 0 amide bonds. The third-order valence-electron chi connectivity index (χ3n) is 6.25. The van der Waals surface area contributed by atoms with Crippen LogP contribution in [0.5, 0.6) is 0 Å². The molecule has 0 aliphatic heterocycles. The number of hydrogen-bond donors (Lipinski definition) is 0. The molecule has 8 radical (unpaired) electrons. The molecular weight excluding hydrogens is 566 g/mol. The van der Waals surface area contributed by atoms with Crippen molar-refractivity contribution in [1.82, 2.24) is 0 Å². The van der Waals surface area contributed by atoms with E-state index in [0.29, 0.717) is 0 Å². The van der Waals surface area contributed by atoms with Gasteiger partial charge in [-0.3, -0.25) is 0 Å². The molecule has 0 aliphatic carbocycles. The van der Waals surface area contributed by atoms with Gasteiger partial charge in [0, 0.05) is 87.4 Å². The Balaban J connectivity index is -0.000000319. The zero-order valence-corrected chi connectivity index (χ0v) is 36.1. The molecule has 0 rings (SSSR count). The van der Waals surface area contributed by atoms with E-state index in [4.69, 9.17) is 0 Å². The van der Waals surface area contributed by atoms with Gasteiger partial charge < -0.3 is 0 Å². The minimum Gasteiger partial charge on any atom is -0.0754 e. The second-order valence-corrected chi connectivity index (χ2v) is 91.9. The third-order valence-corrected chi connectivity index (χ3v) is 166. The summed E-state index contributed by atoms with van der Waals surface area (Å²) in [5, 5.41) is 0. The molecule has 1 atom stereocenters. The van der Waals surface area contributed by atoms with Gasteiger partial charge in [0.25, 0.3) is 0 Å². The summed E-state index contributed by atoms with van der Waals surface area (Å²) in [5.74, 6) is 0. The van der Waals surface area contributed by atoms with E-state index in [9.17, 15) is 0 Å². The molecule has 0 N–H and O–H groups in total. The fourth-order valence-corrected chi connectivity index (χ4v) is 275. The quantitative estimate of drug-likeness (QED) is 0.264. The molecule has 0 bridgehead atoms. The molecule has 0 fully saturated rings. The van der Waals surface area contributed by atoms with E-state index >= 15 is 0 Å². The Labute approximate surface area is 216 Å². The normalized spacial score (nSPS) is 15.2. The van der Waals surface area contributed by atoms with Crippen LogP contribution in [0.3, 0.4) is 0 Å². The maximum atomic E-state index is 2.97. The third kappa shape index (κ3) is 10.4. The zero-order chi connectivity index (χ0) is 24.8. The monoisotopic (exact) mass is 626 g/mol. The molecule has 0 nitrogen and oxygen atoms in total. The van der Waals surface area contributed by atoms with Crippen LogP contribution >= 0.6 is 0 Å². The Bertz CT molecular complexity index is 421. The summed E-state index contributed by atoms with van der Waals surface area (Å²) in [6.45, 7) is 51.5. The fourth-order valence-electron chi connectivity index (χ4n) is 6.31. The molecule has 0 aromatic carbocycles. The predicted octanol–water partition coefficient (Wildman–Crippen LogP) is 7.87. The van der Waals surface area contributed by atoms with E-state index in [0.717, 1.165) is 0 Å². The molecular formula is C20H60GeSi9. The van der Waals surface area contributed by atoms with Gasteiger partial charge in [-0.05, 0) is 0 Å². The van der Waals surface area contributed by atoms with Crippen LogP contribution in [0.15, 0.2) is 0 Å². The van der Waals surface area contributed by atoms with E-state index < -0.39 is 35.5 Å². The van der Waals surface area contributed by atoms with Crippen LogP contribution < -0.4 is 0 Å². The van der Waals surface area contributed by atoms with Crippen LogP contribution in [0.2, 0.25) is 131 Å². The van der Waals surface area contributed by atoms with Gasteiger partial charge in [0.1, 0.15) is 0 Å². The molecule has 0 saturated heterocycles. The van der Waals surface area contributed by atoms with E-state index in [1.54, 1.807) is 0 Å². The van der Waals surface area contributed by atoms with Crippen molar-refractivity contribution in [3.8, 4) is 0 Å². The van der Waals surface area contributed by atoms with Gasteiger partial charge in [-0.25, -0.2) is 0 Å². The summed E-state index contributed by atoms with van der Waals surface area (Å²) in [6.07, 6.45) is -1.10. The van der Waals surface area contributed by atoms with Crippen molar-refractivity contribution in [2.45, 2.75) is 131 Å². The van der Waals surface area contributed by atoms with E-state index in [1.165, 1.54) is 0 Å². The molecule has 0 heterocycles. The molecule has 0 aromatic heterocycles. The summed E-state index contributed by atoms with van der Waals surface area (Å²) >= 11 is 0. The van der Waals surface area contributed by atoms with Crippen LogP contribution in [0.25, 0.3) is 0 Å². The fraction of sp³-hybridized carbons (Fsp3) is 1.00. The van der Waals surface area contributed by atoms with E-state index in [-0.39, 0.29) is 51.8 Å². The molecule has 1 unspecified atom stereocenters. The topological polar surface area (TPSA) is 0 Å². The molecule has 0 aromatic rings. The van der Waals surface area contributed by atoms with Gasteiger partial charge in [0.05, 0.1) is 0 Å². The second-order valence-electron chi connectivity index (χ2n) is 13.6. The Kier molecular flexibility index (Phi) is 19.6. The maximum absolute atomic E-state index is 2.97. The molecule has 0 spiro atoms. The predicted molar refractivity (Wildman–Crippen MR) is 175 cm³/mol. The van der Waals surface area contributed by atoms with Gasteiger partial charge in [-0.2, -0.15) is 0 Å². The summed E-state index contributed by atoms with van der Waals surface area (Å²) in [6, 6.07) is 0. The van der Waals surface area contributed by atoms with Crippen LogP contribution in [0, 0.1) is 0 Å². The Morgan fingerprint density at radius 1 is 0.367 bits per heavy atom. The summed E-state index contributed by atoms with van der Waals surface area (Å²) in [7, 11) is -3.25. The standard InChI is InChI=1S/C14H42Si7.2C3H9Si.Ge/c1-15(2)20(14,17(5,6)7)21(16(3)4,18(8,9)10)19(11,12)13;2*1-4(2)3;/h1-14H3;2*1-3H3;. The average molecular weight is 626 g/mol. The van der Waals surface area contributed by atoms with Crippen molar-refractivity contribution in [3.63, 3.8) is 0 Å². The average Bonchev–Trinajstić information content (AvgIpc) is 2.31. The Hall–Kier alpha value is 2.49. The first kappa shape index (κ1) is 39.7. The molecule has 180 valence electrons. The van der Waals surface area contributed by atoms with Gasteiger partial charge in [-0.15, -0.1) is 0 Å². The molecule has 0 aliphatic rings. The first-order chi connectivity index (χ1) is 12.4. The summed E-state index contributed by atoms with van der Waals surface area (Å²) in [5.41, 5.74) is 0. The van der Waals surface area contributed by atoms with Gasteiger partial charge in [-0.1, -0.05) is 131 Å². The smallest absolute Gasteiger partial charge is 0.0379 e. The SMILES string of the molecule is C[Si](C)C.C[Si](C)C.C[Si](C)[Si](C)([Si](C)(C)C)[Si]([Si](C)C)([Si](C)(C)C)[Si](C)(C)C.[Ge]. The van der Waals surface area contributed by atoms with Gasteiger partial charge in [0.2, 0.25) is 0 Å².